The van der Waals surface area contributed by atoms with Crippen molar-refractivity contribution in [1.82, 2.24) is 25.1 Å². The van der Waals surface area contributed by atoms with Gasteiger partial charge >= 0.3 is 12.2 Å². The van der Waals surface area contributed by atoms with Crippen LogP contribution in [0.2, 0.25) is 0 Å². The Labute approximate surface area is 265 Å². The molecule has 3 aromatic rings. The van der Waals surface area contributed by atoms with Gasteiger partial charge in [-0.05, 0) is 53.9 Å². The number of phenols is 1. The number of phenolic OH excluding ortho intramolecular Hbond substituents is 1. The molecule has 3 aromatic carbocycles. The summed E-state index contributed by atoms with van der Waals surface area (Å²) in [6.45, 7) is 1.57. The number of urea groups is 1. The van der Waals surface area contributed by atoms with E-state index >= 15 is 0 Å². The van der Waals surface area contributed by atoms with E-state index in [0.717, 1.165) is 17.7 Å². The minimum absolute atomic E-state index is 0.0324. The topological polar surface area (TPSA) is 99.7 Å². The molecule has 13 heteroatoms. The molecule has 0 aromatic heterocycles. The molecule has 0 radical (unpaired) electrons. The first-order chi connectivity index (χ1) is 21.7. The Morgan fingerprint density at radius 3 is 2.33 bits per heavy atom. The summed E-state index contributed by atoms with van der Waals surface area (Å²) < 4.78 is 41.9. The number of amides is 4. The summed E-state index contributed by atoms with van der Waals surface area (Å²) in [5, 5.41) is 15.6. The fourth-order valence-corrected chi connectivity index (χ4v) is 6.00. The summed E-state index contributed by atoms with van der Waals surface area (Å²) in [6, 6.07) is 16.8. The molecular formula is C33H37F3N6O4. The zero-order valence-electron chi connectivity index (χ0n) is 26.0. The number of hydrogen-bond donors (Lipinski definition) is 2. The molecule has 2 saturated heterocycles. The van der Waals surface area contributed by atoms with Crippen LogP contribution in [-0.4, -0.2) is 89.2 Å². The van der Waals surface area contributed by atoms with E-state index in [2.05, 4.69) is 5.32 Å². The molecular weight excluding hydrogens is 601 g/mol. The number of aromatic hydroxyl groups is 1. The maximum atomic E-state index is 14.3. The summed E-state index contributed by atoms with van der Waals surface area (Å²) in [5.41, 5.74) is 1.26. The number of likely N-dealkylation sites (N-methyl/N-ethyl adjacent to an activating group) is 1. The van der Waals surface area contributed by atoms with E-state index in [4.69, 9.17) is 0 Å². The van der Waals surface area contributed by atoms with Crippen molar-refractivity contribution in [3.8, 4) is 5.75 Å². The predicted molar refractivity (Wildman–Crippen MR) is 165 cm³/mol. The molecule has 3 atom stereocenters. The number of alkyl halides is 3. The summed E-state index contributed by atoms with van der Waals surface area (Å²) in [6.07, 6.45) is -5.49. The highest BCUT2D eigenvalue weighted by molar-refractivity contribution is 5.92. The van der Waals surface area contributed by atoms with Crippen molar-refractivity contribution in [2.24, 2.45) is 0 Å². The van der Waals surface area contributed by atoms with E-state index in [0.29, 0.717) is 11.3 Å². The van der Waals surface area contributed by atoms with Gasteiger partial charge in [0.25, 0.3) is 0 Å². The number of fused-ring (bicyclic) bond motifs is 1. The van der Waals surface area contributed by atoms with Gasteiger partial charge in [0, 0.05) is 39.8 Å². The maximum absolute atomic E-state index is 14.3. The largest absolute Gasteiger partial charge is 0.508 e. The monoisotopic (exact) mass is 638 g/mol. The van der Waals surface area contributed by atoms with Crippen LogP contribution in [0.5, 0.6) is 5.75 Å². The summed E-state index contributed by atoms with van der Waals surface area (Å²) in [4.78, 5) is 46.0. The average molecular weight is 639 g/mol. The molecule has 0 spiro atoms. The van der Waals surface area contributed by atoms with E-state index in [-0.39, 0.29) is 43.3 Å². The van der Waals surface area contributed by atoms with E-state index in [1.165, 1.54) is 32.0 Å². The first-order valence-corrected chi connectivity index (χ1v) is 14.9. The first-order valence-electron chi connectivity index (χ1n) is 14.9. The second-order valence-corrected chi connectivity index (χ2v) is 11.8. The molecule has 10 nitrogen and oxygen atoms in total. The molecule has 2 heterocycles. The molecule has 2 fully saturated rings. The van der Waals surface area contributed by atoms with E-state index in [1.54, 1.807) is 51.2 Å². The lowest BCUT2D eigenvalue weighted by Crippen LogP contribution is -2.76. The quantitative estimate of drug-likeness (QED) is 0.402. The Balaban J connectivity index is 1.54. The fourth-order valence-electron chi connectivity index (χ4n) is 6.00. The van der Waals surface area contributed by atoms with Crippen molar-refractivity contribution in [2.75, 3.05) is 39.1 Å². The fraction of sp³-hybridized carbons (Fsp3) is 0.364. The summed E-state index contributed by atoms with van der Waals surface area (Å²) in [5.74, 6) is -0.786. The normalized spacial score (nSPS) is 19.6. The van der Waals surface area contributed by atoms with Crippen molar-refractivity contribution in [3.63, 3.8) is 0 Å². The van der Waals surface area contributed by atoms with Gasteiger partial charge < -0.3 is 25.1 Å². The maximum Gasteiger partial charge on any atom is 0.416 e. The van der Waals surface area contributed by atoms with Gasteiger partial charge in [-0.1, -0.05) is 42.5 Å². The molecule has 2 aliphatic rings. The number of benzene rings is 3. The van der Waals surface area contributed by atoms with E-state index in [1.807, 2.05) is 30.3 Å². The Morgan fingerprint density at radius 1 is 1.02 bits per heavy atom. The molecule has 0 saturated carbocycles. The lowest BCUT2D eigenvalue weighted by Gasteiger charge is -2.55. The Kier molecular flexibility index (Phi) is 9.15. The molecule has 0 bridgehead atoms. The molecule has 5 rings (SSSR count). The molecule has 244 valence electrons. The lowest BCUT2D eigenvalue weighted by atomic mass is 9.95. The van der Waals surface area contributed by atoms with Crippen LogP contribution >= 0.6 is 0 Å². The third kappa shape index (κ3) is 6.74. The zero-order chi connectivity index (χ0) is 33.3. The van der Waals surface area contributed by atoms with Crippen LogP contribution in [0.15, 0.2) is 72.8 Å². The van der Waals surface area contributed by atoms with Crippen LogP contribution in [0.1, 0.15) is 35.2 Å². The number of hydrogen-bond acceptors (Lipinski definition) is 6. The Hall–Kier alpha value is -4.78. The van der Waals surface area contributed by atoms with Crippen LogP contribution in [-0.2, 0) is 28.7 Å². The second kappa shape index (κ2) is 12.9. The van der Waals surface area contributed by atoms with E-state index < -0.39 is 41.9 Å². The van der Waals surface area contributed by atoms with Gasteiger partial charge in [-0.15, -0.1) is 0 Å². The van der Waals surface area contributed by atoms with Gasteiger partial charge in [-0.25, -0.2) is 14.8 Å². The standard InChI is InChI=1S/C33H37F3N6O4/c1-21(24-15-25(33(34,35)36)17-26(16-24)38(2)3)40-19-29-41(28(31(40)45)14-22-10-12-27(43)13-11-22)30(44)20-39(4)42(29)32(46)37-18-23-8-6-5-7-9-23/h5-13,15-17,21,28-29,43H,14,18-20H2,1-4H3,(H,37,46)/t21-,28+,29+/m1/s1. The Morgan fingerprint density at radius 2 is 1.70 bits per heavy atom. The number of carbonyl (C=O) groups is 3. The van der Waals surface area contributed by atoms with Crippen LogP contribution in [0, 0.1) is 0 Å². The van der Waals surface area contributed by atoms with Crippen LogP contribution in [0.4, 0.5) is 23.7 Å². The number of carbonyl (C=O) groups excluding carboxylic acids is 3. The number of piperazine rings is 1. The predicted octanol–water partition coefficient (Wildman–Crippen LogP) is 4.22. The minimum atomic E-state index is -4.61. The highest BCUT2D eigenvalue weighted by Gasteiger charge is 2.51. The number of halogens is 3. The highest BCUT2D eigenvalue weighted by Crippen LogP contribution is 2.37. The summed E-state index contributed by atoms with van der Waals surface area (Å²) in [7, 11) is 4.88. The third-order valence-corrected chi connectivity index (χ3v) is 8.48. The number of anilines is 1. The third-order valence-electron chi connectivity index (χ3n) is 8.48. The van der Waals surface area contributed by atoms with Crippen molar-refractivity contribution in [2.45, 2.75) is 44.3 Å². The van der Waals surface area contributed by atoms with Gasteiger partial charge in [0.2, 0.25) is 11.8 Å². The van der Waals surface area contributed by atoms with Gasteiger partial charge in [-0.2, -0.15) is 13.2 Å². The number of rotatable bonds is 7. The Bertz CT molecular complexity index is 1580. The second-order valence-electron chi connectivity index (χ2n) is 11.8. The van der Waals surface area contributed by atoms with Gasteiger partial charge in [-0.3, -0.25) is 9.59 Å². The van der Waals surface area contributed by atoms with E-state index in [9.17, 15) is 32.7 Å². The van der Waals surface area contributed by atoms with Crippen molar-refractivity contribution >= 4 is 23.5 Å². The molecule has 4 amide bonds. The average Bonchev–Trinajstić information content (AvgIpc) is 3.01. The van der Waals surface area contributed by atoms with Gasteiger partial charge in [0.05, 0.1) is 24.7 Å². The first kappa shape index (κ1) is 32.6. The number of hydrazine groups is 1. The molecule has 0 aliphatic carbocycles. The molecule has 0 unspecified atom stereocenters. The smallest absolute Gasteiger partial charge is 0.416 e. The molecule has 2 aliphatic heterocycles. The van der Waals surface area contributed by atoms with Crippen molar-refractivity contribution < 1.29 is 32.7 Å². The minimum Gasteiger partial charge on any atom is -0.508 e. The van der Waals surface area contributed by atoms with Crippen LogP contribution in [0.3, 0.4) is 0 Å². The van der Waals surface area contributed by atoms with Crippen LogP contribution in [0.25, 0.3) is 0 Å². The molecule has 2 N–H and O–H groups in total. The lowest BCUT2D eigenvalue weighted by molar-refractivity contribution is -0.189. The van der Waals surface area contributed by atoms with Crippen molar-refractivity contribution in [3.05, 3.63) is 95.1 Å². The summed E-state index contributed by atoms with van der Waals surface area (Å²) >= 11 is 0. The molecule has 46 heavy (non-hydrogen) atoms. The zero-order valence-corrected chi connectivity index (χ0v) is 26.0. The van der Waals surface area contributed by atoms with Gasteiger partial charge in [0.1, 0.15) is 18.0 Å². The van der Waals surface area contributed by atoms with Crippen molar-refractivity contribution in [1.29, 1.82) is 0 Å². The SMILES string of the molecule is C[C@H](c1cc(N(C)C)cc(C(F)(F)F)c1)N1C[C@H]2N(C(=O)CN(C)N2C(=O)NCc2ccccc2)[C@@H](Cc2ccc(O)cc2)C1=O. The number of nitrogens with one attached hydrogen (secondary N) is 1. The van der Waals surface area contributed by atoms with Gasteiger partial charge in [0.15, 0.2) is 0 Å². The number of nitrogens with zero attached hydrogens (tertiary/aromatic N) is 5. The highest BCUT2D eigenvalue weighted by atomic mass is 19.4. The van der Waals surface area contributed by atoms with Crippen LogP contribution < -0.4 is 10.2 Å².